The maximum Gasteiger partial charge on any atom is 0.327 e. The summed E-state index contributed by atoms with van der Waals surface area (Å²) in [4.78, 5) is 189. The standard InChI is InChI=1S/C72H98N16O17S2/c1-40(75)61(93)77-36-58(92)78-56-38-106-107-39-57(72(104)105)86-68(100)55(37-89)85-71(103)60(42(3)91)88-67(99)53(33-45-23-11-6-12-24-45)84-70(102)59(41(2)90)87-63(95)50(28-16-18-30-74)79-66(98)54(34-46-35-76-48-26-14-13-25-47(46)48)83-65(97)52(32-44-21-9-5-10-22-44)82-64(96)51(31-43-19-7-4-8-20-43)81-62(94)49(80-69(56)101)27-15-17-29-73/h4-14,19-26,35,40-42,49-57,59-60,76,89-91H,15-18,27-34,36-39,73-75H2,1-3H3,(H,77,93)(H,78,92)(H,79,98)(H,80,101)(H,81,94)(H,82,96)(H,83,97)(H,84,102)(H,85,103)(H,86,100)(H,87,95)(H,88,99)(H,104,105)/t40-,41+,42+,49+,50-,51-,52+,53-,54-,55-,56-,57-,59?,60?/m0/s1. The van der Waals surface area contributed by atoms with E-state index in [9.17, 15) is 68.4 Å². The third-order valence-electron chi connectivity index (χ3n) is 17.2. The van der Waals surface area contributed by atoms with E-state index in [1.54, 1.807) is 121 Å². The van der Waals surface area contributed by atoms with E-state index in [1.807, 2.05) is 0 Å². The maximum absolute atomic E-state index is 15.4. The number of para-hydroxylation sites is 1. The van der Waals surface area contributed by atoms with E-state index < -0.39 is 180 Å². The van der Waals surface area contributed by atoms with Crippen molar-refractivity contribution in [1.29, 1.82) is 0 Å². The molecular formula is C72H98N16O17S2. The lowest BCUT2D eigenvalue weighted by Crippen LogP contribution is -2.63. The molecule has 1 aliphatic rings. The lowest BCUT2D eigenvalue weighted by Gasteiger charge is -2.29. The molecule has 0 saturated carbocycles. The number of rotatable bonds is 24. The number of nitrogens with one attached hydrogen (secondary N) is 13. The molecule has 1 aliphatic heterocycles. The number of H-pyrrole nitrogens is 1. The molecule has 14 atom stereocenters. The van der Waals surface area contributed by atoms with Crippen LogP contribution < -0.4 is 81.0 Å². The summed E-state index contributed by atoms with van der Waals surface area (Å²) in [5.74, 6) is -14.5. The predicted molar refractivity (Wildman–Crippen MR) is 399 cm³/mol. The van der Waals surface area contributed by atoms with E-state index in [0.717, 1.165) is 28.5 Å². The van der Waals surface area contributed by atoms with Gasteiger partial charge < -0.3 is 106 Å². The van der Waals surface area contributed by atoms with Crippen LogP contribution in [0.2, 0.25) is 0 Å². The summed E-state index contributed by atoms with van der Waals surface area (Å²) in [7, 11) is 1.60. The average Bonchev–Trinajstić information content (AvgIpc) is 1.70. The third-order valence-corrected chi connectivity index (χ3v) is 19.7. The molecule has 0 bridgehead atoms. The van der Waals surface area contributed by atoms with Gasteiger partial charge in [0.1, 0.15) is 66.5 Å². The second kappa shape index (κ2) is 44.2. The minimum atomic E-state index is -1.95. The van der Waals surface area contributed by atoms with Crippen molar-refractivity contribution >= 4 is 109 Å². The smallest absolute Gasteiger partial charge is 0.327 e. The Balaban J connectivity index is 1.46. The van der Waals surface area contributed by atoms with E-state index in [0.29, 0.717) is 46.0 Å². The van der Waals surface area contributed by atoms with E-state index in [4.69, 9.17) is 17.2 Å². The van der Waals surface area contributed by atoms with Crippen LogP contribution in [0.1, 0.15) is 81.5 Å². The SMILES string of the molecule is C[C@H](N)C(=O)NCC(=O)N[C@H]1CSSC[C@@H](C(=O)O)NC(=O)[C@H](CO)NC(=O)C([C@@H](C)O)NC(=O)[C@H](Cc2ccccc2)NC(=O)C([C@@H](C)O)NC(=O)[C@H](CCCCN)NC(=O)[C@H](Cc2c[nH]c3ccccc23)NC(=O)[C@@H](Cc2ccccc2)NC(=O)[C@H](Cc2ccccc2)NC(=O)[C@@H](CCCCN)NC1=O. The summed E-state index contributed by atoms with van der Waals surface area (Å²) >= 11 is 0. The molecule has 6 rings (SSSR count). The van der Waals surface area contributed by atoms with Crippen LogP contribution in [0.25, 0.3) is 10.9 Å². The zero-order valence-electron chi connectivity index (χ0n) is 59.6. The van der Waals surface area contributed by atoms with Crippen LogP contribution in [0, 0.1) is 0 Å². The zero-order chi connectivity index (χ0) is 78.1. The molecule has 0 radical (unpaired) electrons. The minimum absolute atomic E-state index is 0.0921. The monoisotopic (exact) mass is 1520 g/mol. The van der Waals surface area contributed by atoms with Crippen LogP contribution in [-0.4, -0.2) is 225 Å². The topological polar surface area (TPSA) is 541 Å². The largest absolute Gasteiger partial charge is 0.480 e. The number of aliphatic carboxylic acids is 1. The highest BCUT2D eigenvalue weighted by molar-refractivity contribution is 8.76. The number of hydrogen-bond acceptors (Lipinski definition) is 21. The van der Waals surface area contributed by atoms with Gasteiger partial charge >= 0.3 is 5.97 Å². The quantitative estimate of drug-likeness (QED) is 0.0213. The lowest BCUT2D eigenvalue weighted by atomic mass is 10.00. The molecule has 0 spiro atoms. The third kappa shape index (κ3) is 28.0. The summed E-state index contributed by atoms with van der Waals surface area (Å²) in [6.45, 7) is 2.12. The number of carbonyl (C=O) groups is 13. The van der Waals surface area contributed by atoms with E-state index >= 15 is 14.4 Å². The van der Waals surface area contributed by atoms with Gasteiger partial charge in [0.15, 0.2) is 0 Å². The van der Waals surface area contributed by atoms with Crippen molar-refractivity contribution in [2.75, 3.05) is 37.7 Å². The molecule has 1 fully saturated rings. The van der Waals surface area contributed by atoms with Crippen LogP contribution in [0.4, 0.5) is 0 Å². The molecule has 5 aromatic rings. The molecule has 0 aliphatic carbocycles. The fraction of sp³-hybridized carbons (Fsp3) is 0.458. The first-order valence-corrected chi connectivity index (χ1v) is 37.6. The molecule has 12 amide bonds. The van der Waals surface area contributed by atoms with Crippen LogP contribution in [0.5, 0.6) is 0 Å². The van der Waals surface area contributed by atoms with Gasteiger partial charge in [-0.05, 0) is 101 Å². The Kier molecular flexibility index (Phi) is 35.5. The fourth-order valence-corrected chi connectivity index (χ4v) is 13.6. The van der Waals surface area contributed by atoms with Gasteiger partial charge in [0.05, 0.1) is 31.4 Å². The molecule has 33 nitrogen and oxygen atoms in total. The van der Waals surface area contributed by atoms with Crippen molar-refractivity contribution in [2.45, 2.75) is 170 Å². The molecule has 35 heteroatoms. The molecule has 4 aromatic carbocycles. The van der Waals surface area contributed by atoms with Crippen molar-refractivity contribution in [3.05, 3.63) is 144 Å². The van der Waals surface area contributed by atoms with Gasteiger partial charge in [-0.1, -0.05) is 131 Å². The summed E-state index contributed by atoms with van der Waals surface area (Å²) in [6.07, 6.45) is -1.86. The van der Waals surface area contributed by atoms with Gasteiger partial charge in [-0.2, -0.15) is 0 Å². The van der Waals surface area contributed by atoms with Gasteiger partial charge in [0.25, 0.3) is 0 Å². The Morgan fingerprint density at radius 2 is 0.860 bits per heavy atom. The van der Waals surface area contributed by atoms with Crippen molar-refractivity contribution in [1.82, 2.24) is 68.8 Å². The Hall–Kier alpha value is -10.0. The normalized spacial score (nSPS) is 23.7. The predicted octanol–water partition coefficient (Wildman–Crippen LogP) is -3.27. The number of carboxylic acids is 1. The summed E-state index contributed by atoms with van der Waals surface area (Å²) in [5.41, 5.74) is 20.2. The van der Waals surface area contributed by atoms with Crippen LogP contribution in [-0.2, 0) is 88.0 Å². The van der Waals surface area contributed by atoms with Gasteiger partial charge in [-0.15, -0.1) is 0 Å². The molecular weight excluding hydrogens is 1430 g/mol. The number of nitrogens with two attached hydrogens (primary N) is 3. The van der Waals surface area contributed by atoms with E-state index in [-0.39, 0.29) is 70.2 Å². The van der Waals surface area contributed by atoms with Crippen LogP contribution in [0.15, 0.2) is 121 Å². The number of carbonyl (C=O) groups excluding carboxylic acids is 12. The number of hydrogen-bond donors (Lipinski definition) is 20. The second-order valence-corrected chi connectivity index (χ2v) is 28.4. The second-order valence-electron chi connectivity index (χ2n) is 25.9. The molecule has 2 unspecified atom stereocenters. The number of benzene rings is 4. The first-order valence-electron chi connectivity index (χ1n) is 35.1. The van der Waals surface area contributed by atoms with Gasteiger partial charge in [0, 0.05) is 54.3 Å². The molecule has 1 aromatic heterocycles. The summed E-state index contributed by atoms with van der Waals surface area (Å²) in [6, 6.07) is 12.9. The van der Waals surface area contributed by atoms with Gasteiger partial charge in [0.2, 0.25) is 70.9 Å². The molecule has 580 valence electrons. The number of aromatic amines is 1. The molecule has 23 N–H and O–H groups in total. The van der Waals surface area contributed by atoms with Gasteiger partial charge in [-0.25, -0.2) is 4.79 Å². The van der Waals surface area contributed by atoms with Crippen molar-refractivity contribution in [3.8, 4) is 0 Å². The van der Waals surface area contributed by atoms with Crippen LogP contribution in [0.3, 0.4) is 0 Å². The number of fused-ring (bicyclic) bond motifs is 1. The zero-order valence-corrected chi connectivity index (χ0v) is 61.2. The molecule has 1 saturated heterocycles. The first kappa shape index (κ1) is 85.9. The van der Waals surface area contributed by atoms with Crippen LogP contribution >= 0.6 is 21.6 Å². The fourth-order valence-electron chi connectivity index (χ4n) is 11.3. The van der Waals surface area contributed by atoms with Crippen molar-refractivity contribution < 1.29 is 82.8 Å². The number of aliphatic hydroxyl groups excluding tert-OH is 3. The van der Waals surface area contributed by atoms with Crippen molar-refractivity contribution in [3.63, 3.8) is 0 Å². The minimum Gasteiger partial charge on any atom is -0.480 e. The van der Waals surface area contributed by atoms with E-state index in [2.05, 4.69) is 68.8 Å². The molecule has 107 heavy (non-hydrogen) atoms. The van der Waals surface area contributed by atoms with E-state index in [1.165, 1.54) is 13.8 Å². The Labute approximate surface area is 626 Å². The summed E-state index contributed by atoms with van der Waals surface area (Å²) < 4.78 is 0. The number of carboxylic acid groups (broad SMARTS) is 1. The van der Waals surface area contributed by atoms with Gasteiger partial charge in [-0.3, -0.25) is 57.5 Å². The first-order chi connectivity index (χ1) is 51.2. The highest BCUT2D eigenvalue weighted by Crippen LogP contribution is 2.24. The Bertz CT molecular complexity index is 3800. The number of aromatic nitrogens is 1. The molecule has 2 heterocycles. The maximum atomic E-state index is 15.4. The highest BCUT2D eigenvalue weighted by atomic mass is 33.1. The highest BCUT2D eigenvalue weighted by Gasteiger charge is 2.39. The average molecular weight is 1520 g/mol. The number of amides is 12. The lowest BCUT2D eigenvalue weighted by molar-refractivity contribution is -0.142. The Morgan fingerprint density at radius 1 is 0.477 bits per heavy atom. The van der Waals surface area contributed by atoms with Crippen molar-refractivity contribution in [2.24, 2.45) is 17.2 Å². The Morgan fingerprint density at radius 3 is 1.31 bits per heavy atom. The summed E-state index contributed by atoms with van der Waals surface area (Å²) in [5, 5.41) is 74.1. The number of unbranched alkanes of at least 4 members (excludes halogenated alkanes) is 2. The number of aliphatic hydroxyl groups is 3.